The van der Waals surface area contributed by atoms with Gasteiger partial charge in [0.1, 0.15) is 23.9 Å². The molecule has 0 saturated carbocycles. The lowest BCUT2D eigenvalue weighted by atomic mass is 10.2. The minimum atomic E-state index is 0.489. The summed E-state index contributed by atoms with van der Waals surface area (Å²) in [7, 11) is 0. The van der Waals surface area contributed by atoms with Crippen molar-refractivity contribution in [2.24, 2.45) is 0 Å². The van der Waals surface area contributed by atoms with E-state index in [4.69, 9.17) is 9.47 Å². The minimum Gasteiger partial charge on any atom is -0.492 e. The molecule has 4 nitrogen and oxygen atoms in total. The van der Waals surface area contributed by atoms with Crippen molar-refractivity contribution >= 4 is 0 Å². The van der Waals surface area contributed by atoms with E-state index in [1.165, 1.54) is 12.8 Å². The zero-order valence-corrected chi connectivity index (χ0v) is 11.3. The molecule has 1 fully saturated rings. The van der Waals surface area contributed by atoms with Gasteiger partial charge in [-0.15, -0.1) is 0 Å². The van der Waals surface area contributed by atoms with Crippen LogP contribution in [0.4, 0.5) is 0 Å². The largest absolute Gasteiger partial charge is 0.492 e. The second-order valence-corrected chi connectivity index (χ2v) is 4.86. The molecule has 0 radical (unpaired) electrons. The van der Waals surface area contributed by atoms with E-state index in [9.17, 15) is 0 Å². The molecule has 0 spiro atoms. The second kappa shape index (κ2) is 6.39. The maximum absolute atomic E-state index is 5.77. The van der Waals surface area contributed by atoms with E-state index in [0.29, 0.717) is 6.04 Å². The first kappa shape index (κ1) is 12.9. The number of hydrogen-bond acceptors (Lipinski definition) is 4. The Morgan fingerprint density at radius 3 is 2.40 bits per heavy atom. The summed E-state index contributed by atoms with van der Waals surface area (Å²) < 4.78 is 11.5. The number of pyridine rings is 1. The van der Waals surface area contributed by atoms with Gasteiger partial charge >= 0.3 is 0 Å². The molecule has 0 amide bonds. The number of rotatable bonds is 5. The van der Waals surface area contributed by atoms with Crippen molar-refractivity contribution in [3.8, 4) is 17.2 Å². The van der Waals surface area contributed by atoms with Gasteiger partial charge in [0.2, 0.25) is 0 Å². The summed E-state index contributed by atoms with van der Waals surface area (Å²) in [6, 6.07) is 11.8. The van der Waals surface area contributed by atoms with Gasteiger partial charge < -0.3 is 14.8 Å². The van der Waals surface area contributed by atoms with Gasteiger partial charge in [-0.25, -0.2) is 0 Å². The molecule has 1 atom stereocenters. The maximum atomic E-state index is 5.77. The molecule has 20 heavy (non-hydrogen) atoms. The Morgan fingerprint density at radius 2 is 1.70 bits per heavy atom. The summed E-state index contributed by atoms with van der Waals surface area (Å²) in [4.78, 5) is 3.96. The number of benzene rings is 1. The van der Waals surface area contributed by atoms with Crippen LogP contribution in [0.1, 0.15) is 12.8 Å². The quantitative estimate of drug-likeness (QED) is 0.907. The van der Waals surface area contributed by atoms with E-state index in [1.54, 1.807) is 12.4 Å². The third-order valence-corrected chi connectivity index (χ3v) is 3.32. The number of ether oxygens (including phenoxy) is 2. The minimum absolute atomic E-state index is 0.489. The lowest BCUT2D eigenvalue weighted by Crippen LogP contribution is -2.28. The van der Waals surface area contributed by atoms with Crippen molar-refractivity contribution in [3.05, 3.63) is 48.8 Å². The highest BCUT2D eigenvalue weighted by Crippen LogP contribution is 2.23. The summed E-state index contributed by atoms with van der Waals surface area (Å²) >= 11 is 0. The van der Waals surface area contributed by atoms with Crippen molar-refractivity contribution < 1.29 is 9.47 Å². The third-order valence-electron chi connectivity index (χ3n) is 3.32. The molecular weight excluding hydrogens is 252 g/mol. The Hall–Kier alpha value is -2.07. The molecule has 1 aromatic carbocycles. The molecular formula is C16H18N2O2. The van der Waals surface area contributed by atoms with Gasteiger partial charge in [0.15, 0.2) is 0 Å². The van der Waals surface area contributed by atoms with Crippen molar-refractivity contribution in [1.82, 2.24) is 10.3 Å². The predicted molar refractivity (Wildman–Crippen MR) is 77.3 cm³/mol. The van der Waals surface area contributed by atoms with E-state index < -0.39 is 0 Å². The molecule has 0 unspecified atom stereocenters. The molecule has 4 heteroatoms. The van der Waals surface area contributed by atoms with Gasteiger partial charge in [0.05, 0.1) is 0 Å². The SMILES string of the molecule is c1cc(Oc2ccc(OC[C@H]3CCCN3)cc2)ccn1. The fourth-order valence-corrected chi connectivity index (χ4v) is 2.24. The molecule has 2 aromatic rings. The molecule has 0 aliphatic carbocycles. The molecule has 1 aromatic heterocycles. The van der Waals surface area contributed by atoms with Crippen molar-refractivity contribution in [2.75, 3.05) is 13.2 Å². The lowest BCUT2D eigenvalue weighted by molar-refractivity contribution is 0.277. The fraction of sp³-hybridized carbons (Fsp3) is 0.312. The van der Waals surface area contributed by atoms with Crippen molar-refractivity contribution in [1.29, 1.82) is 0 Å². The summed E-state index contributed by atoms with van der Waals surface area (Å²) in [5, 5.41) is 3.42. The Kier molecular flexibility index (Phi) is 4.13. The van der Waals surface area contributed by atoms with Crippen molar-refractivity contribution in [2.45, 2.75) is 18.9 Å². The highest BCUT2D eigenvalue weighted by Gasteiger charge is 2.14. The van der Waals surface area contributed by atoms with Crippen LogP contribution in [0.3, 0.4) is 0 Å². The van der Waals surface area contributed by atoms with E-state index >= 15 is 0 Å². The van der Waals surface area contributed by atoms with Crippen LogP contribution in [0, 0.1) is 0 Å². The molecule has 104 valence electrons. The number of hydrogen-bond donors (Lipinski definition) is 1. The zero-order chi connectivity index (χ0) is 13.6. The topological polar surface area (TPSA) is 43.4 Å². The molecule has 3 rings (SSSR count). The number of aromatic nitrogens is 1. The first-order valence-electron chi connectivity index (χ1n) is 6.94. The van der Waals surface area contributed by atoms with Gasteiger partial charge in [0, 0.05) is 18.4 Å². The van der Waals surface area contributed by atoms with Gasteiger partial charge in [-0.3, -0.25) is 4.98 Å². The highest BCUT2D eigenvalue weighted by atomic mass is 16.5. The summed E-state index contributed by atoms with van der Waals surface area (Å²) in [6.45, 7) is 1.83. The standard InChI is InChI=1S/C16H18N2O2/c1-2-13(18-9-1)12-19-14-3-5-15(6-4-14)20-16-7-10-17-11-8-16/h3-8,10-11,13,18H,1-2,9,12H2/t13-/m1/s1. The second-order valence-electron chi connectivity index (χ2n) is 4.86. The summed E-state index contributed by atoms with van der Waals surface area (Å²) in [6.07, 6.45) is 5.86. The average Bonchev–Trinajstić information content (AvgIpc) is 3.01. The monoisotopic (exact) mass is 270 g/mol. The lowest BCUT2D eigenvalue weighted by Gasteiger charge is -2.12. The smallest absolute Gasteiger partial charge is 0.130 e. The van der Waals surface area contributed by atoms with E-state index in [-0.39, 0.29) is 0 Å². The summed E-state index contributed by atoms with van der Waals surface area (Å²) in [5.74, 6) is 2.45. The Labute approximate surface area is 118 Å². The molecule has 1 aliphatic heterocycles. The van der Waals surface area contributed by atoms with Crippen LogP contribution < -0.4 is 14.8 Å². The average molecular weight is 270 g/mol. The van der Waals surface area contributed by atoms with Crippen LogP contribution in [-0.4, -0.2) is 24.2 Å². The van der Waals surface area contributed by atoms with Crippen LogP contribution in [0.25, 0.3) is 0 Å². The first-order chi connectivity index (χ1) is 9.90. The van der Waals surface area contributed by atoms with Gasteiger partial charge in [-0.05, 0) is 55.8 Å². The van der Waals surface area contributed by atoms with E-state index in [0.717, 1.165) is 30.4 Å². The maximum Gasteiger partial charge on any atom is 0.130 e. The molecule has 2 heterocycles. The number of nitrogens with zero attached hydrogens (tertiary/aromatic N) is 1. The number of nitrogens with one attached hydrogen (secondary N) is 1. The molecule has 1 aliphatic rings. The third kappa shape index (κ3) is 3.48. The highest BCUT2D eigenvalue weighted by molar-refractivity contribution is 5.34. The van der Waals surface area contributed by atoms with Gasteiger partial charge in [-0.1, -0.05) is 0 Å². The van der Waals surface area contributed by atoms with Crippen LogP contribution in [0.15, 0.2) is 48.8 Å². The van der Waals surface area contributed by atoms with E-state index in [2.05, 4.69) is 10.3 Å². The summed E-state index contributed by atoms with van der Waals surface area (Å²) in [5.41, 5.74) is 0. The van der Waals surface area contributed by atoms with Gasteiger partial charge in [-0.2, -0.15) is 0 Å². The molecule has 1 N–H and O–H groups in total. The Bertz CT molecular complexity index is 522. The predicted octanol–water partition coefficient (Wildman–Crippen LogP) is 3.00. The van der Waals surface area contributed by atoms with E-state index in [1.807, 2.05) is 36.4 Å². The normalized spacial score (nSPS) is 17.9. The fourth-order valence-electron chi connectivity index (χ4n) is 2.24. The van der Waals surface area contributed by atoms with Crippen molar-refractivity contribution in [3.63, 3.8) is 0 Å². The van der Waals surface area contributed by atoms with Crippen LogP contribution in [0.5, 0.6) is 17.2 Å². The van der Waals surface area contributed by atoms with Crippen LogP contribution >= 0.6 is 0 Å². The Morgan fingerprint density at radius 1 is 1.00 bits per heavy atom. The molecule has 0 bridgehead atoms. The van der Waals surface area contributed by atoms with Crippen LogP contribution in [0.2, 0.25) is 0 Å². The Balaban J connectivity index is 1.54. The van der Waals surface area contributed by atoms with Crippen LogP contribution in [-0.2, 0) is 0 Å². The molecule has 1 saturated heterocycles. The van der Waals surface area contributed by atoms with Gasteiger partial charge in [0.25, 0.3) is 0 Å². The first-order valence-corrected chi connectivity index (χ1v) is 6.94. The zero-order valence-electron chi connectivity index (χ0n) is 11.3.